The van der Waals surface area contributed by atoms with Crippen LogP contribution in [0.4, 0.5) is 5.82 Å². The van der Waals surface area contributed by atoms with Gasteiger partial charge in [-0.1, -0.05) is 12.2 Å². The van der Waals surface area contributed by atoms with Crippen LogP contribution in [0.15, 0.2) is 24.8 Å². The molecule has 0 unspecified atom stereocenters. The molecule has 0 radical (unpaired) electrons. The molecule has 9 nitrogen and oxygen atoms in total. The van der Waals surface area contributed by atoms with E-state index in [1.54, 1.807) is 19.3 Å². The van der Waals surface area contributed by atoms with E-state index in [9.17, 15) is 4.57 Å². The fraction of sp³-hybridized carbons (Fsp3) is 0.417. The third-order valence-corrected chi connectivity index (χ3v) is 4.06. The molecule has 1 aliphatic carbocycles. The zero-order chi connectivity index (χ0) is 16.0. The Morgan fingerprint density at radius 3 is 3.00 bits per heavy atom. The number of nitrogens with two attached hydrogens (primary N) is 1. The van der Waals surface area contributed by atoms with Crippen LogP contribution < -0.4 is 5.73 Å². The van der Waals surface area contributed by atoms with E-state index in [4.69, 9.17) is 20.3 Å². The van der Waals surface area contributed by atoms with Crippen LogP contribution in [0.25, 0.3) is 11.2 Å². The molecule has 0 spiro atoms. The van der Waals surface area contributed by atoms with Gasteiger partial charge < -0.3 is 24.8 Å². The Labute approximate surface area is 126 Å². The van der Waals surface area contributed by atoms with Gasteiger partial charge >= 0.3 is 7.60 Å². The normalized spacial score (nSPS) is 25.1. The Balaban J connectivity index is 1.82. The fourth-order valence-electron chi connectivity index (χ4n) is 2.51. The highest BCUT2D eigenvalue weighted by Crippen LogP contribution is 2.40. The summed E-state index contributed by atoms with van der Waals surface area (Å²) >= 11 is 0. The number of rotatable bonds is 4. The van der Waals surface area contributed by atoms with Crippen molar-refractivity contribution < 1.29 is 19.1 Å². The Hall–Kier alpha value is -1.80. The summed E-state index contributed by atoms with van der Waals surface area (Å²) in [4.78, 5) is 30.2. The standard InChI is InChI=1S/C12H16N5O4P/c1-12(21-7-22(18,19)20)3-2-8(4-12)17-6-16-9-10(13)14-5-15-11(9)17/h2-3,5-6,8H,4,7H2,1H3,(H2,13,14,15)(H2,18,19,20)/t8-,12+/m0/s1. The second-order valence-corrected chi connectivity index (χ2v) is 7.05. The van der Waals surface area contributed by atoms with Crippen molar-refractivity contribution in [2.75, 3.05) is 12.1 Å². The van der Waals surface area contributed by atoms with E-state index in [1.165, 1.54) is 6.33 Å². The van der Waals surface area contributed by atoms with Crippen molar-refractivity contribution in [2.24, 2.45) is 0 Å². The average molecular weight is 325 g/mol. The van der Waals surface area contributed by atoms with Crippen molar-refractivity contribution in [3.63, 3.8) is 0 Å². The van der Waals surface area contributed by atoms with Gasteiger partial charge in [-0.2, -0.15) is 0 Å². The Morgan fingerprint density at radius 2 is 2.27 bits per heavy atom. The number of allylic oxidation sites excluding steroid dienone is 1. The number of fused-ring (bicyclic) bond motifs is 1. The van der Waals surface area contributed by atoms with Crippen molar-refractivity contribution >= 4 is 24.6 Å². The summed E-state index contributed by atoms with van der Waals surface area (Å²) in [5.74, 6) is 0.311. The van der Waals surface area contributed by atoms with Crippen molar-refractivity contribution in [1.29, 1.82) is 0 Å². The minimum atomic E-state index is -4.20. The van der Waals surface area contributed by atoms with Gasteiger partial charge in [0.25, 0.3) is 0 Å². The van der Waals surface area contributed by atoms with Crippen molar-refractivity contribution in [3.05, 3.63) is 24.8 Å². The number of hydrogen-bond donors (Lipinski definition) is 3. The molecule has 10 heteroatoms. The summed E-state index contributed by atoms with van der Waals surface area (Å²) in [6.07, 6.45) is 6.60. The quantitative estimate of drug-likeness (QED) is 0.555. The average Bonchev–Trinajstić information content (AvgIpc) is 3.01. The van der Waals surface area contributed by atoms with Gasteiger partial charge in [-0.25, -0.2) is 15.0 Å². The molecule has 0 bridgehead atoms. The maximum Gasteiger partial charge on any atom is 0.351 e. The van der Waals surface area contributed by atoms with E-state index in [2.05, 4.69) is 15.0 Å². The monoisotopic (exact) mass is 325 g/mol. The van der Waals surface area contributed by atoms with Crippen LogP contribution in [0.1, 0.15) is 19.4 Å². The lowest BCUT2D eigenvalue weighted by Gasteiger charge is -2.25. The van der Waals surface area contributed by atoms with Crippen LogP contribution in [-0.4, -0.2) is 41.3 Å². The van der Waals surface area contributed by atoms with E-state index in [0.717, 1.165) is 0 Å². The molecule has 3 rings (SSSR count). The first-order chi connectivity index (χ1) is 10.3. The van der Waals surface area contributed by atoms with Gasteiger partial charge in [0, 0.05) is 6.42 Å². The van der Waals surface area contributed by atoms with Gasteiger partial charge in [-0.15, -0.1) is 0 Å². The van der Waals surface area contributed by atoms with E-state index in [-0.39, 0.29) is 6.04 Å². The molecule has 2 aromatic heterocycles. The molecular formula is C12H16N5O4P. The Morgan fingerprint density at radius 1 is 1.50 bits per heavy atom. The first kappa shape index (κ1) is 15.1. The van der Waals surface area contributed by atoms with Crippen LogP contribution in [0.3, 0.4) is 0 Å². The van der Waals surface area contributed by atoms with Gasteiger partial charge in [0.2, 0.25) is 0 Å². The summed E-state index contributed by atoms with van der Waals surface area (Å²) in [6, 6.07) is -0.0823. The maximum atomic E-state index is 11.0. The molecule has 2 atom stereocenters. The summed E-state index contributed by atoms with van der Waals surface area (Å²) in [5, 5.41) is 0. The number of ether oxygens (including phenoxy) is 1. The summed E-state index contributed by atoms with van der Waals surface area (Å²) in [7, 11) is -4.20. The Kier molecular flexibility index (Phi) is 3.53. The second-order valence-electron chi connectivity index (χ2n) is 5.46. The number of hydrogen-bond acceptors (Lipinski definition) is 6. The molecule has 0 aromatic carbocycles. The molecule has 118 valence electrons. The summed E-state index contributed by atoms with van der Waals surface area (Å²) in [5.41, 5.74) is 6.15. The van der Waals surface area contributed by atoms with Crippen LogP contribution >= 0.6 is 7.60 Å². The van der Waals surface area contributed by atoms with Crippen LogP contribution in [0.2, 0.25) is 0 Å². The van der Waals surface area contributed by atoms with Gasteiger partial charge in [0.1, 0.15) is 18.2 Å². The van der Waals surface area contributed by atoms with Crippen LogP contribution in [0.5, 0.6) is 0 Å². The molecule has 0 amide bonds. The number of nitrogen functional groups attached to an aromatic ring is 1. The first-order valence-corrected chi connectivity index (χ1v) is 8.38. The molecule has 0 saturated carbocycles. The van der Waals surface area contributed by atoms with E-state index in [1.807, 2.05) is 10.6 Å². The SMILES string of the molecule is C[C@@]1(OCP(=O)(O)O)C=C[C@H](n2cnc3c(N)ncnc32)C1. The third kappa shape index (κ3) is 2.89. The Bertz CT molecular complexity index is 785. The minimum Gasteiger partial charge on any atom is -0.382 e. The zero-order valence-electron chi connectivity index (χ0n) is 11.8. The largest absolute Gasteiger partial charge is 0.382 e. The molecule has 4 N–H and O–H groups in total. The van der Waals surface area contributed by atoms with E-state index in [0.29, 0.717) is 23.4 Å². The predicted molar refractivity (Wildman–Crippen MR) is 78.9 cm³/mol. The smallest absolute Gasteiger partial charge is 0.351 e. The molecule has 0 saturated heterocycles. The second kappa shape index (κ2) is 5.13. The summed E-state index contributed by atoms with van der Waals surface area (Å²) in [6.45, 7) is 1.78. The van der Waals surface area contributed by atoms with Crippen LogP contribution in [0, 0.1) is 0 Å². The highest BCUT2D eigenvalue weighted by molar-refractivity contribution is 7.51. The number of aromatic nitrogens is 4. The fourth-order valence-corrected chi connectivity index (χ4v) is 2.97. The molecular weight excluding hydrogens is 309 g/mol. The minimum absolute atomic E-state index is 0.0823. The molecule has 1 aliphatic rings. The van der Waals surface area contributed by atoms with Crippen molar-refractivity contribution in [2.45, 2.75) is 25.0 Å². The molecule has 0 aliphatic heterocycles. The number of imidazole rings is 1. The van der Waals surface area contributed by atoms with Gasteiger partial charge in [0.15, 0.2) is 11.5 Å². The summed E-state index contributed by atoms with van der Waals surface area (Å²) < 4.78 is 18.2. The number of nitrogens with zero attached hydrogens (tertiary/aromatic N) is 4. The van der Waals surface area contributed by atoms with Crippen molar-refractivity contribution in [3.8, 4) is 0 Å². The highest BCUT2D eigenvalue weighted by Gasteiger charge is 2.34. The molecule has 0 fully saturated rings. The van der Waals surface area contributed by atoms with Crippen LogP contribution in [-0.2, 0) is 9.30 Å². The lowest BCUT2D eigenvalue weighted by molar-refractivity contribution is 0.0205. The lowest BCUT2D eigenvalue weighted by Crippen LogP contribution is -2.26. The number of anilines is 1. The lowest BCUT2D eigenvalue weighted by atomic mass is 10.1. The van der Waals surface area contributed by atoms with Gasteiger partial charge in [-0.3, -0.25) is 4.57 Å². The van der Waals surface area contributed by atoms with E-state index >= 15 is 0 Å². The zero-order valence-corrected chi connectivity index (χ0v) is 12.7. The first-order valence-electron chi connectivity index (χ1n) is 6.58. The molecule has 2 aromatic rings. The maximum absolute atomic E-state index is 11.0. The van der Waals surface area contributed by atoms with Gasteiger partial charge in [0.05, 0.1) is 18.0 Å². The van der Waals surface area contributed by atoms with E-state index < -0.39 is 19.5 Å². The third-order valence-electron chi connectivity index (χ3n) is 3.59. The van der Waals surface area contributed by atoms with Crippen molar-refractivity contribution in [1.82, 2.24) is 19.5 Å². The molecule has 22 heavy (non-hydrogen) atoms. The topological polar surface area (TPSA) is 136 Å². The van der Waals surface area contributed by atoms with Gasteiger partial charge in [-0.05, 0) is 6.92 Å². The highest BCUT2D eigenvalue weighted by atomic mass is 31.2. The molecule has 2 heterocycles. The predicted octanol–water partition coefficient (Wildman–Crippen LogP) is 0.820.